The summed E-state index contributed by atoms with van der Waals surface area (Å²) in [5.41, 5.74) is 2.94. The molecule has 2 saturated heterocycles. The van der Waals surface area contributed by atoms with Crippen LogP contribution in [0.5, 0.6) is 5.88 Å². The van der Waals surface area contributed by atoms with Gasteiger partial charge < -0.3 is 19.3 Å². The highest BCUT2D eigenvalue weighted by Gasteiger charge is 2.29. The van der Waals surface area contributed by atoms with Gasteiger partial charge in [-0.1, -0.05) is 23.4 Å². The van der Waals surface area contributed by atoms with Gasteiger partial charge in [0, 0.05) is 43.3 Å². The Balaban J connectivity index is 1.41. The number of rotatable bonds is 8. The Morgan fingerprint density at radius 3 is 2.56 bits per heavy atom. The van der Waals surface area contributed by atoms with Gasteiger partial charge in [-0.3, -0.25) is 4.79 Å². The van der Waals surface area contributed by atoms with Crippen LogP contribution in [0.15, 0.2) is 42.5 Å². The van der Waals surface area contributed by atoms with E-state index in [4.69, 9.17) is 9.47 Å². The van der Waals surface area contributed by atoms with E-state index in [0.717, 1.165) is 19.4 Å². The summed E-state index contributed by atoms with van der Waals surface area (Å²) >= 11 is 0. The first-order valence-electron chi connectivity index (χ1n) is 14.8. The molecule has 43 heavy (non-hydrogen) atoms. The van der Waals surface area contributed by atoms with Crippen molar-refractivity contribution in [3.63, 3.8) is 0 Å². The van der Waals surface area contributed by atoms with Crippen LogP contribution in [0.4, 0.5) is 8.78 Å². The second-order valence-electron chi connectivity index (χ2n) is 11.4. The number of pyridine rings is 1. The maximum atomic E-state index is 16.4. The van der Waals surface area contributed by atoms with Crippen LogP contribution in [-0.4, -0.2) is 88.7 Å². The van der Waals surface area contributed by atoms with E-state index in [0.29, 0.717) is 72.3 Å². The molecule has 2 aliphatic heterocycles. The van der Waals surface area contributed by atoms with Crippen LogP contribution in [0.2, 0.25) is 0 Å². The first-order chi connectivity index (χ1) is 20.9. The quantitative estimate of drug-likeness (QED) is 0.265. The van der Waals surface area contributed by atoms with Gasteiger partial charge in [0.15, 0.2) is 11.3 Å². The third-order valence-electron chi connectivity index (χ3n) is 8.67. The second kappa shape index (κ2) is 12.3. The molecular weight excluding hydrogens is 554 g/mol. The second-order valence-corrected chi connectivity index (χ2v) is 11.4. The molecule has 9 nitrogen and oxygen atoms in total. The van der Waals surface area contributed by atoms with Crippen molar-refractivity contribution in [1.29, 1.82) is 0 Å². The topological polar surface area (TPSA) is 85.6 Å². The molecule has 0 aliphatic carbocycles. The number of hydrogen-bond acceptors (Lipinski definition) is 7. The lowest BCUT2D eigenvalue weighted by Crippen LogP contribution is -2.38. The maximum absolute atomic E-state index is 16.4. The fraction of sp³-hybridized carbons (Fsp3) is 0.438. The lowest BCUT2D eigenvalue weighted by atomic mass is 9.96. The number of aryl methyl sites for hydroxylation is 1. The highest BCUT2D eigenvalue weighted by Crippen LogP contribution is 2.39. The summed E-state index contributed by atoms with van der Waals surface area (Å²) in [5.74, 6) is -0.684. The Morgan fingerprint density at radius 2 is 1.86 bits per heavy atom. The van der Waals surface area contributed by atoms with Crippen LogP contribution < -0.4 is 4.74 Å². The molecule has 2 aliphatic rings. The number of halogens is 2. The average Bonchev–Trinajstić information content (AvgIpc) is 3.64. The number of carbonyl (C=O) groups is 1. The molecule has 2 aromatic carbocycles. The van der Waals surface area contributed by atoms with E-state index in [9.17, 15) is 9.18 Å². The minimum Gasteiger partial charge on any atom is -0.474 e. The third-order valence-corrected chi connectivity index (χ3v) is 8.67. The number of methoxy groups -OCH3 is 1. The van der Waals surface area contributed by atoms with Crippen LogP contribution >= 0.6 is 0 Å². The zero-order chi connectivity index (χ0) is 30.1. The summed E-state index contributed by atoms with van der Waals surface area (Å²) in [6, 6.07) is 7.89. The van der Waals surface area contributed by atoms with E-state index >= 15 is 4.39 Å². The molecule has 0 saturated carbocycles. The molecule has 4 aromatic rings. The summed E-state index contributed by atoms with van der Waals surface area (Å²) in [7, 11) is 3.66. The van der Waals surface area contributed by atoms with Crippen molar-refractivity contribution in [2.24, 2.45) is 0 Å². The first kappa shape index (κ1) is 29.1. The van der Waals surface area contributed by atoms with Gasteiger partial charge in [-0.2, -0.15) is 0 Å². The first-order valence-corrected chi connectivity index (χ1v) is 14.8. The number of carbonyl (C=O) groups excluding carboxylic acids is 1. The Labute approximate surface area is 249 Å². The molecular formula is C32H36F2N6O3. The van der Waals surface area contributed by atoms with Crippen molar-refractivity contribution in [2.75, 3.05) is 47.0 Å². The normalized spacial score (nSPS) is 18.4. The molecule has 1 atom stereocenters. The molecule has 2 fully saturated rings. The van der Waals surface area contributed by atoms with Crippen LogP contribution in [0, 0.1) is 18.6 Å². The summed E-state index contributed by atoms with van der Waals surface area (Å²) < 4.78 is 43.2. The number of likely N-dealkylation sites (tertiary alicyclic amines) is 2. The average molecular weight is 591 g/mol. The van der Waals surface area contributed by atoms with Gasteiger partial charge >= 0.3 is 0 Å². The van der Waals surface area contributed by atoms with Gasteiger partial charge in [0.25, 0.3) is 0 Å². The third kappa shape index (κ3) is 5.71. The molecule has 4 heterocycles. The summed E-state index contributed by atoms with van der Waals surface area (Å²) in [6.45, 7) is 4.75. The highest BCUT2D eigenvalue weighted by molar-refractivity contribution is 6.06. The van der Waals surface area contributed by atoms with E-state index in [1.807, 2.05) is 22.6 Å². The number of aromatic nitrogens is 4. The van der Waals surface area contributed by atoms with Crippen molar-refractivity contribution in [3.05, 3.63) is 59.7 Å². The monoisotopic (exact) mass is 590 g/mol. The van der Waals surface area contributed by atoms with Crippen LogP contribution in [0.3, 0.4) is 0 Å². The van der Waals surface area contributed by atoms with Crippen molar-refractivity contribution in [3.8, 4) is 17.0 Å². The lowest BCUT2D eigenvalue weighted by molar-refractivity contribution is -0.127. The fourth-order valence-electron chi connectivity index (χ4n) is 6.27. The molecule has 226 valence electrons. The molecule has 0 spiro atoms. The summed E-state index contributed by atoms with van der Waals surface area (Å²) in [4.78, 5) is 21.4. The van der Waals surface area contributed by atoms with Crippen molar-refractivity contribution < 1.29 is 23.0 Å². The molecule has 11 heteroatoms. The maximum Gasteiger partial charge on any atom is 0.246 e. The molecule has 0 bridgehead atoms. The fourth-order valence-corrected chi connectivity index (χ4v) is 6.27. The van der Waals surface area contributed by atoms with Gasteiger partial charge in [-0.15, -0.1) is 5.10 Å². The van der Waals surface area contributed by atoms with E-state index in [1.54, 1.807) is 31.4 Å². The number of likely N-dealkylation sites (N-methyl/N-ethyl adjacent to an activating group) is 1. The van der Waals surface area contributed by atoms with Crippen molar-refractivity contribution >= 4 is 27.8 Å². The van der Waals surface area contributed by atoms with Crippen LogP contribution in [0.1, 0.15) is 37.3 Å². The number of fused-ring (bicyclic) bond motifs is 3. The minimum atomic E-state index is -0.498. The Morgan fingerprint density at radius 1 is 1.09 bits per heavy atom. The Hall–Kier alpha value is -3.96. The Kier molecular flexibility index (Phi) is 8.36. The predicted molar refractivity (Wildman–Crippen MR) is 160 cm³/mol. The van der Waals surface area contributed by atoms with Gasteiger partial charge in [0.1, 0.15) is 23.5 Å². The predicted octanol–water partition coefficient (Wildman–Crippen LogP) is 5.07. The highest BCUT2D eigenvalue weighted by atomic mass is 19.1. The smallest absolute Gasteiger partial charge is 0.246 e. The zero-order valence-corrected chi connectivity index (χ0v) is 24.7. The number of piperidine rings is 1. The van der Waals surface area contributed by atoms with Crippen LogP contribution in [0.25, 0.3) is 33.1 Å². The molecule has 0 N–H and O–H groups in total. The van der Waals surface area contributed by atoms with Crippen molar-refractivity contribution in [1.82, 2.24) is 29.8 Å². The van der Waals surface area contributed by atoms with E-state index < -0.39 is 5.82 Å². The molecule has 6 rings (SSSR count). The summed E-state index contributed by atoms with van der Waals surface area (Å²) in [6.07, 6.45) is 6.71. The largest absolute Gasteiger partial charge is 0.474 e. The minimum absolute atomic E-state index is 0.0448. The van der Waals surface area contributed by atoms with E-state index in [1.165, 1.54) is 12.1 Å². The van der Waals surface area contributed by atoms with Gasteiger partial charge in [0.2, 0.25) is 11.8 Å². The van der Waals surface area contributed by atoms with Gasteiger partial charge in [-0.05, 0) is 75.5 Å². The number of ether oxygens (including phenoxy) is 2. The molecule has 1 unspecified atom stereocenters. The molecule has 0 radical (unpaired) electrons. The van der Waals surface area contributed by atoms with Gasteiger partial charge in [0.05, 0.1) is 12.6 Å². The van der Waals surface area contributed by atoms with E-state index in [2.05, 4.69) is 27.2 Å². The number of hydrogen-bond donors (Lipinski definition) is 0. The summed E-state index contributed by atoms with van der Waals surface area (Å²) in [5, 5.41) is 9.64. The zero-order valence-electron chi connectivity index (χ0n) is 24.7. The molecule has 2 aromatic heterocycles. The van der Waals surface area contributed by atoms with Crippen molar-refractivity contribution in [2.45, 2.75) is 44.7 Å². The standard InChI is InChI=1S/C32H36F2N6O3/c1-20-18-25-29(28(34)27(20)21-8-10-22(33)11-9-21)35-32(43-19-24-6-4-14-38(24)2)30-31(25)40(37-36-30)23-12-15-39(16-13-23)26(41)7-5-17-42-3/h5,7-11,18,23-24H,4,6,12-17,19H2,1-3H3/b7-5+. The Bertz CT molecular complexity index is 1660. The number of nitrogens with zero attached hydrogens (tertiary/aromatic N) is 6. The van der Waals surface area contributed by atoms with Crippen LogP contribution in [-0.2, 0) is 9.53 Å². The number of amides is 1. The van der Waals surface area contributed by atoms with Gasteiger partial charge in [-0.25, -0.2) is 18.4 Å². The number of benzene rings is 2. The SMILES string of the molecule is COC/C=C/C(=O)N1CCC(n2nnc3c(OCC4CCCN4C)nc4c(F)c(-c5ccc(F)cc5)c(C)cc4c32)CC1. The lowest BCUT2D eigenvalue weighted by Gasteiger charge is -2.31. The molecule has 1 amide bonds. The van der Waals surface area contributed by atoms with E-state index in [-0.39, 0.29) is 35.2 Å².